The maximum absolute atomic E-state index is 12.0. The molecule has 1 aliphatic rings. The van der Waals surface area contributed by atoms with Crippen molar-refractivity contribution in [3.05, 3.63) is 29.8 Å². The number of aliphatic imine (C=N–C) groups is 1. The van der Waals surface area contributed by atoms with Crippen molar-refractivity contribution >= 4 is 35.8 Å². The largest absolute Gasteiger partial charge is 0.497 e. The molecule has 0 saturated carbocycles. The van der Waals surface area contributed by atoms with Crippen LogP contribution in [0.3, 0.4) is 0 Å². The van der Waals surface area contributed by atoms with E-state index in [9.17, 15) is 4.79 Å². The zero-order valence-electron chi connectivity index (χ0n) is 16.5. The zero-order chi connectivity index (χ0) is 19.3. The summed E-state index contributed by atoms with van der Waals surface area (Å²) in [4.78, 5) is 16.1. The average Bonchev–Trinajstić information content (AvgIpc) is 3.22. The topological polar surface area (TPSA) is 93.2 Å². The van der Waals surface area contributed by atoms with E-state index < -0.39 is 0 Å². The highest BCUT2D eigenvalue weighted by molar-refractivity contribution is 14.0. The van der Waals surface area contributed by atoms with Gasteiger partial charge in [0.2, 0.25) is 5.91 Å². The van der Waals surface area contributed by atoms with E-state index in [2.05, 4.69) is 20.9 Å². The number of halogens is 1. The van der Waals surface area contributed by atoms with Gasteiger partial charge in [0, 0.05) is 33.4 Å². The molecule has 1 aromatic carbocycles. The first-order valence-corrected chi connectivity index (χ1v) is 9.24. The van der Waals surface area contributed by atoms with Crippen molar-refractivity contribution in [3.8, 4) is 5.75 Å². The van der Waals surface area contributed by atoms with Crippen molar-refractivity contribution in [2.75, 3.05) is 47.1 Å². The monoisotopic (exact) mass is 506 g/mol. The molecule has 28 heavy (non-hydrogen) atoms. The molecule has 1 fully saturated rings. The van der Waals surface area contributed by atoms with Gasteiger partial charge in [-0.05, 0) is 30.5 Å². The number of nitrogens with zero attached hydrogens (tertiary/aromatic N) is 1. The molecule has 1 amide bonds. The van der Waals surface area contributed by atoms with Gasteiger partial charge in [-0.25, -0.2) is 0 Å². The molecule has 0 bridgehead atoms. The second-order valence-corrected chi connectivity index (χ2v) is 6.19. The van der Waals surface area contributed by atoms with Gasteiger partial charge in [-0.1, -0.05) is 12.1 Å². The summed E-state index contributed by atoms with van der Waals surface area (Å²) in [6.45, 7) is 3.52. The molecule has 1 aliphatic heterocycles. The molecule has 1 aromatic rings. The van der Waals surface area contributed by atoms with Crippen molar-refractivity contribution in [3.63, 3.8) is 0 Å². The van der Waals surface area contributed by atoms with E-state index in [1.807, 2.05) is 24.3 Å². The normalized spacial score (nSPS) is 16.2. The van der Waals surface area contributed by atoms with Gasteiger partial charge < -0.3 is 30.2 Å². The van der Waals surface area contributed by atoms with Gasteiger partial charge in [-0.3, -0.25) is 9.79 Å². The predicted octanol–water partition coefficient (Wildman–Crippen LogP) is 1.29. The van der Waals surface area contributed by atoms with Crippen molar-refractivity contribution < 1.29 is 19.0 Å². The number of amides is 1. The molecule has 158 valence electrons. The quantitative estimate of drug-likeness (QED) is 0.192. The lowest BCUT2D eigenvalue weighted by molar-refractivity contribution is -0.120. The van der Waals surface area contributed by atoms with Gasteiger partial charge in [0.15, 0.2) is 5.96 Å². The summed E-state index contributed by atoms with van der Waals surface area (Å²) in [5.41, 5.74) is 1.01. The van der Waals surface area contributed by atoms with E-state index in [0.29, 0.717) is 25.7 Å². The van der Waals surface area contributed by atoms with Gasteiger partial charge in [0.25, 0.3) is 0 Å². The lowest BCUT2D eigenvalue weighted by Crippen LogP contribution is -2.43. The Morgan fingerprint density at radius 2 is 2.04 bits per heavy atom. The van der Waals surface area contributed by atoms with Gasteiger partial charge in [-0.2, -0.15) is 0 Å². The molecule has 2 rings (SSSR count). The molecule has 1 atom stereocenters. The van der Waals surface area contributed by atoms with E-state index in [1.54, 1.807) is 14.2 Å². The minimum atomic E-state index is -0.0988. The molecule has 0 aliphatic carbocycles. The van der Waals surface area contributed by atoms with Crippen molar-refractivity contribution in [2.45, 2.75) is 25.5 Å². The molecule has 0 aromatic heterocycles. The number of carbonyl (C=O) groups excluding carboxylic acids is 1. The Balaban J connectivity index is 0.00000392. The molecule has 1 saturated heterocycles. The minimum absolute atomic E-state index is 0. The second-order valence-electron chi connectivity index (χ2n) is 6.19. The van der Waals surface area contributed by atoms with Crippen molar-refractivity contribution in [1.82, 2.24) is 16.0 Å². The third-order valence-electron chi connectivity index (χ3n) is 4.14. The molecule has 0 radical (unpaired) electrons. The van der Waals surface area contributed by atoms with Crippen LogP contribution < -0.4 is 20.7 Å². The Labute approximate surface area is 183 Å². The number of ether oxygens (including phenoxy) is 3. The van der Waals surface area contributed by atoms with Crippen LogP contribution in [0.2, 0.25) is 0 Å². The predicted molar refractivity (Wildman–Crippen MR) is 119 cm³/mol. The highest BCUT2D eigenvalue weighted by atomic mass is 127. The SMILES string of the molecule is CN=C(NCCCOC1CCOC1)NCC(=O)NCc1ccc(OC)cc1.I. The highest BCUT2D eigenvalue weighted by Gasteiger charge is 2.15. The molecule has 1 heterocycles. The molecule has 3 N–H and O–H groups in total. The number of carbonyl (C=O) groups is 1. The number of guanidine groups is 1. The van der Waals surface area contributed by atoms with Gasteiger partial charge in [0.05, 0.1) is 26.4 Å². The van der Waals surface area contributed by atoms with E-state index in [0.717, 1.165) is 37.3 Å². The number of hydrogen-bond donors (Lipinski definition) is 3. The Kier molecular flexibility index (Phi) is 12.6. The Morgan fingerprint density at radius 1 is 1.25 bits per heavy atom. The molecule has 0 spiro atoms. The van der Waals surface area contributed by atoms with Crippen LogP contribution in [-0.2, 0) is 20.8 Å². The fourth-order valence-corrected chi connectivity index (χ4v) is 2.56. The second kappa shape index (κ2) is 14.4. The first kappa shape index (κ1) is 24.4. The number of nitrogens with one attached hydrogen (secondary N) is 3. The summed E-state index contributed by atoms with van der Waals surface area (Å²) in [6.07, 6.45) is 2.07. The maximum atomic E-state index is 12.0. The summed E-state index contributed by atoms with van der Waals surface area (Å²) >= 11 is 0. The summed E-state index contributed by atoms with van der Waals surface area (Å²) in [5.74, 6) is 1.29. The summed E-state index contributed by atoms with van der Waals surface area (Å²) in [7, 11) is 3.30. The zero-order valence-corrected chi connectivity index (χ0v) is 18.9. The molecule has 8 nitrogen and oxygen atoms in total. The maximum Gasteiger partial charge on any atom is 0.239 e. The first-order chi connectivity index (χ1) is 13.2. The van der Waals surface area contributed by atoms with Gasteiger partial charge in [0.1, 0.15) is 5.75 Å². The van der Waals surface area contributed by atoms with Gasteiger partial charge >= 0.3 is 0 Å². The van der Waals surface area contributed by atoms with Crippen LogP contribution in [0.4, 0.5) is 0 Å². The van der Waals surface area contributed by atoms with Crippen LogP contribution >= 0.6 is 24.0 Å². The Morgan fingerprint density at radius 3 is 2.68 bits per heavy atom. The average molecular weight is 506 g/mol. The number of rotatable bonds is 10. The fraction of sp³-hybridized carbons (Fsp3) is 0.579. The van der Waals surface area contributed by atoms with Crippen LogP contribution in [0.15, 0.2) is 29.3 Å². The number of hydrogen-bond acceptors (Lipinski definition) is 5. The molecule has 9 heteroatoms. The lowest BCUT2D eigenvalue weighted by Gasteiger charge is -2.13. The lowest BCUT2D eigenvalue weighted by atomic mass is 10.2. The molecular formula is C19H31IN4O4. The smallest absolute Gasteiger partial charge is 0.239 e. The molecular weight excluding hydrogens is 475 g/mol. The van der Waals surface area contributed by atoms with Crippen molar-refractivity contribution in [1.29, 1.82) is 0 Å². The standard InChI is InChI=1S/C19H30N4O4.HI/c1-20-19(21-9-3-10-27-17-8-11-26-14-17)23-13-18(24)22-12-15-4-6-16(25-2)7-5-15;/h4-7,17H,3,8-14H2,1-2H3,(H,22,24)(H2,20,21,23);1H. The van der Waals surface area contributed by atoms with Gasteiger partial charge in [-0.15, -0.1) is 24.0 Å². The van der Waals surface area contributed by atoms with Crippen LogP contribution in [0.5, 0.6) is 5.75 Å². The van der Waals surface area contributed by atoms with E-state index in [4.69, 9.17) is 14.2 Å². The third kappa shape index (κ3) is 9.56. The van der Waals surface area contributed by atoms with Crippen LogP contribution in [0, 0.1) is 0 Å². The Hall–Kier alpha value is -1.59. The molecule has 1 unspecified atom stereocenters. The highest BCUT2D eigenvalue weighted by Crippen LogP contribution is 2.10. The summed E-state index contributed by atoms with van der Waals surface area (Å²) < 4.78 is 16.1. The van der Waals surface area contributed by atoms with E-state index in [1.165, 1.54) is 0 Å². The number of benzene rings is 1. The fourth-order valence-electron chi connectivity index (χ4n) is 2.56. The minimum Gasteiger partial charge on any atom is -0.497 e. The van der Waals surface area contributed by atoms with Crippen molar-refractivity contribution in [2.24, 2.45) is 4.99 Å². The number of methoxy groups -OCH3 is 1. The Bertz CT molecular complexity index is 592. The first-order valence-electron chi connectivity index (χ1n) is 9.24. The van der Waals surface area contributed by atoms with Crippen LogP contribution in [-0.4, -0.2) is 65.0 Å². The third-order valence-corrected chi connectivity index (χ3v) is 4.14. The summed E-state index contributed by atoms with van der Waals surface area (Å²) in [5, 5.41) is 9.04. The van der Waals surface area contributed by atoms with E-state index in [-0.39, 0.29) is 42.5 Å². The van der Waals surface area contributed by atoms with E-state index >= 15 is 0 Å². The van der Waals surface area contributed by atoms with Crippen LogP contribution in [0.1, 0.15) is 18.4 Å². The van der Waals surface area contributed by atoms with Crippen LogP contribution in [0.25, 0.3) is 0 Å². The summed E-state index contributed by atoms with van der Waals surface area (Å²) in [6, 6.07) is 7.59.